The SMILES string of the molecule is COCc1ncsc1C(=O)N1CCNCC1c1nccn1C. The van der Waals surface area contributed by atoms with E-state index in [9.17, 15) is 4.79 Å². The van der Waals surface area contributed by atoms with Gasteiger partial charge in [0.25, 0.3) is 5.91 Å². The normalized spacial score (nSPS) is 18.6. The molecule has 3 rings (SSSR count). The number of carbonyl (C=O) groups is 1. The van der Waals surface area contributed by atoms with Gasteiger partial charge in [-0.2, -0.15) is 0 Å². The van der Waals surface area contributed by atoms with Gasteiger partial charge in [0, 0.05) is 46.2 Å². The van der Waals surface area contributed by atoms with Gasteiger partial charge in [0.1, 0.15) is 16.7 Å². The van der Waals surface area contributed by atoms with Crippen molar-refractivity contribution >= 4 is 17.2 Å². The fourth-order valence-electron chi connectivity index (χ4n) is 2.69. The first-order valence-electron chi connectivity index (χ1n) is 7.12. The second kappa shape index (κ2) is 6.55. The van der Waals surface area contributed by atoms with Crippen LogP contribution in [-0.4, -0.2) is 52.1 Å². The summed E-state index contributed by atoms with van der Waals surface area (Å²) in [6, 6.07) is -0.0706. The van der Waals surface area contributed by atoms with E-state index in [-0.39, 0.29) is 11.9 Å². The van der Waals surface area contributed by atoms with Crippen LogP contribution in [-0.2, 0) is 18.4 Å². The molecule has 0 saturated carbocycles. The van der Waals surface area contributed by atoms with Gasteiger partial charge < -0.3 is 19.5 Å². The van der Waals surface area contributed by atoms with Crippen molar-refractivity contribution in [2.24, 2.45) is 7.05 Å². The summed E-state index contributed by atoms with van der Waals surface area (Å²) < 4.78 is 7.09. The van der Waals surface area contributed by atoms with Gasteiger partial charge >= 0.3 is 0 Å². The third kappa shape index (κ3) is 2.77. The number of piperazine rings is 1. The lowest BCUT2D eigenvalue weighted by Gasteiger charge is -2.35. The maximum absolute atomic E-state index is 12.9. The van der Waals surface area contributed by atoms with E-state index < -0.39 is 0 Å². The number of hydrogen-bond acceptors (Lipinski definition) is 6. The maximum Gasteiger partial charge on any atom is 0.266 e. The van der Waals surface area contributed by atoms with Gasteiger partial charge in [-0.1, -0.05) is 0 Å². The van der Waals surface area contributed by atoms with Crippen molar-refractivity contribution in [1.29, 1.82) is 0 Å². The van der Waals surface area contributed by atoms with E-state index in [1.807, 2.05) is 22.7 Å². The third-order valence-corrected chi connectivity index (χ3v) is 4.63. The molecule has 0 spiro atoms. The van der Waals surface area contributed by atoms with Crippen LogP contribution < -0.4 is 5.32 Å². The molecule has 0 aromatic carbocycles. The summed E-state index contributed by atoms with van der Waals surface area (Å²) in [6.45, 7) is 2.49. The van der Waals surface area contributed by atoms with Gasteiger partial charge in [0.05, 0.1) is 17.8 Å². The van der Waals surface area contributed by atoms with Crippen molar-refractivity contribution in [2.45, 2.75) is 12.6 Å². The zero-order valence-corrected chi connectivity index (χ0v) is 13.5. The number of aromatic nitrogens is 3. The van der Waals surface area contributed by atoms with Crippen LogP contribution in [0.2, 0.25) is 0 Å². The average molecular weight is 321 g/mol. The molecular formula is C14H19N5O2S. The summed E-state index contributed by atoms with van der Waals surface area (Å²) in [5.41, 5.74) is 2.40. The van der Waals surface area contributed by atoms with Crippen molar-refractivity contribution in [1.82, 2.24) is 24.8 Å². The van der Waals surface area contributed by atoms with Crippen molar-refractivity contribution in [3.8, 4) is 0 Å². The molecule has 1 aliphatic heterocycles. The highest BCUT2D eigenvalue weighted by Gasteiger charge is 2.32. The number of ether oxygens (including phenoxy) is 1. The molecule has 1 aliphatic rings. The number of aryl methyl sites for hydroxylation is 1. The quantitative estimate of drug-likeness (QED) is 0.902. The molecule has 0 radical (unpaired) electrons. The lowest BCUT2D eigenvalue weighted by atomic mass is 10.1. The van der Waals surface area contributed by atoms with Gasteiger partial charge in [-0.05, 0) is 0 Å². The van der Waals surface area contributed by atoms with Crippen molar-refractivity contribution in [3.05, 3.63) is 34.3 Å². The second-order valence-electron chi connectivity index (χ2n) is 5.18. The highest BCUT2D eigenvalue weighted by Crippen LogP contribution is 2.25. The largest absolute Gasteiger partial charge is 0.378 e. The molecule has 1 unspecified atom stereocenters. The average Bonchev–Trinajstić information content (AvgIpc) is 3.16. The molecule has 3 heterocycles. The highest BCUT2D eigenvalue weighted by molar-refractivity contribution is 7.11. The number of nitrogens with one attached hydrogen (secondary N) is 1. The summed E-state index contributed by atoms with van der Waals surface area (Å²) >= 11 is 1.36. The third-order valence-electron chi connectivity index (χ3n) is 3.78. The van der Waals surface area contributed by atoms with Crippen LogP contribution >= 0.6 is 11.3 Å². The Morgan fingerprint density at radius 1 is 1.55 bits per heavy atom. The molecule has 8 heteroatoms. The van der Waals surface area contributed by atoms with E-state index in [4.69, 9.17) is 4.74 Å². The lowest BCUT2D eigenvalue weighted by molar-refractivity contribution is 0.0621. The Kier molecular flexibility index (Phi) is 4.51. The lowest BCUT2D eigenvalue weighted by Crippen LogP contribution is -2.49. The number of methoxy groups -OCH3 is 1. The number of amides is 1. The molecule has 1 amide bonds. The van der Waals surface area contributed by atoms with E-state index in [1.165, 1.54) is 11.3 Å². The molecule has 2 aromatic rings. The minimum atomic E-state index is -0.0706. The van der Waals surface area contributed by atoms with Gasteiger partial charge in [0.15, 0.2) is 0 Å². The molecule has 22 heavy (non-hydrogen) atoms. The molecule has 1 atom stereocenters. The molecule has 1 N–H and O–H groups in total. The number of nitrogens with zero attached hydrogens (tertiary/aromatic N) is 4. The van der Waals surface area contributed by atoms with Crippen molar-refractivity contribution in [3.63, 3.8) is 0 Å². The van der Waals surface area contributed by atoms with Crippen LogP contribution in [0.1, 0.15) is 27.2 Å². The molecule has 2 aromatic heterocycles. The smallest absolute Gasteiger partial charge is 0.266 e. The Morgan fingerprint density at radius 3 is 3.14 bits per heavy atom. The van der Waals surface area contributed by atoms with E-state index >= 15 is 0 Å². The van der Waals surface area contributed by atoms with Crippen LogP contribution in [0.5, 0.6) is 0 Å². The molecule has 118 valence electrons. The van der Waals surface area contributed by atoms with Crippen LogP contribution in [0, 0.1) is 0 Å². The Bertz CT molecular complexity index is 653. The molecular weight excluding hydrogens is 302 g/mol. The van der Waals surface area contributed by atoms with Crippen molar-refractivity contribution < 1.29 is 9.53 Å². The Hall–Kier alpha value is -1.77. The van der Waals surface area contributed by atoms with Gasteiger partial charge in [0.2, 0.25) is 0 Å². The number of rotatable bonds is 4. The first-order valence-corrected chi connectivity index (χ1v) is 8.00. The molecule has 7 nitrogen and oxygen atoms in total. The molecule has 0 aliphatic carbocycles. The minimum Gasteiger partial charge on any atom is -0.378 e. The Morgan fingerprint density at radius 2 is 2.41 bits per heavy atom. The maximum atomic E-state index is 12.9. The first-order chi connectivity index (χ1) is 10.7. The molecule has 0 bridgehead atoms. The molecule has 1 fully saturated rings. The van der Waals surface area contributed by atoms with Crippen LogP contribution in [0.15, 0.2) is 17.9 Å². The zero-order chi connectivity index (χ0) is 15.5. The van der Waals surface area contributed by atoms with Gasteiger partial charge in [-0.25, -0.2) is 9.97 Å². The number of imidazole rings is 1. The predicted molar refractivity (Wildman–Crippen MR) is 82.7 cm³/mol. The van der Waals surface area contributed by atoms with E-state index in [1.54, 1.807) is 18.8 Å². The van der Waals surface area contributed by atoms with Crippen LogP contribution in [0.25, 0.3) is 0 Å². The monoisotopic (exact) mass is 321 g/mol. The summed E-state index contributed by atoms with van der Waals surface area (Å²) in [4.78, 5) is 24.1. The zero-order valence-electron chi connectivity index (χ0n) is 12.7. The standard InChI is InChI=1S/C14H19N5O2S/c1-18-5-4-16-13(18)11-7-15-3-6-19(11)14(20)12-10(8-21-2)17-9-22-12/h4-5,9,11,15H,3,6-8H2,1-2H3. The number of thiazole rings is 1. The van der Waals surface area contributed by atoms with Crippen LogP contribution in [0.3, 0.4) is 0 Å². The van der Waals surface area contributed by atoms with Gasteiger partial charge in [-0.15, -0.1) is 11.3 Å². The van der Waals surface area contributed by atoms with E-state index in [0.29, 0.717) is 30.3 Å². The Labute approximate surface area is 132 Å². The van der Waals surface area contributed by atoms with E-state index in [2.05, 4.69) is 15.3 Å². The summed E-state index contributed by atoms with van der Waals surface area (Å²) in [5.74, 6) is 0.891. The highest BCUT2D eigenvalue weighted by atomic mass is 32.1. The summed E-state index contributed by atoms with van der Waals surface area (Å²) in [6.07, 6.45) is 3.66. The summed E-state index contributed by atoms with van der Waals surface area (Å²) in [7, 11) is 3.55. The second-order valence-corrected chi connectivity index (χ2v) is 6.03. The predicted octanol–water partition coefficient (Wildman–Crippen LogP) is 0.810. The topological polar surface area (TPSA) is 72.3 Å². The fourth-order valence-corrected chi connectivity index (χ4v) is 3.44. The Balaban J connectivity index is 1.89. The first kappa shape index (κ1) is 15.1. The molecule has 1 saturated heterocycles. The van der Waals surface area contributed by atoms with E-state index in [0.717, 1.165) is 12.4 Å². The van der Waals surface area contributed by atoms with Gasteiger partial charge in [-0.3, -0.25) is 4.79 Å². The van der Waals surface area contributed by atoms with Crippen molar-refractivity contribution in [2.75, 3.05) is 26.7 Å². The fraction of sp³-hybridized carbons (Fsp3) is 0.500. The minimum absolute atomic E-state index is 0.00375. The number of hydrogen-bond donors (Lipinski definition) is 1. The number of carbonyl (C=O) groups excluding carboxylic acids is 1. The summed E-state index contributed by atoms with van der Waals surface area (Å²) in [5, 5.41) is 3.34. The van der Waals surface area contributed by atoms with Crippen LogP contribution in [0.4, 0.5) is 0 Å².